The van der Waals surface area contributed by atoms with E-state index in [1.165, 1.54) is 25.3 Å². The molecule has 1 atom stereocenters. The van der Waals surface area contributed by atoms with E-state index in [-0.39, 0.29) is 34.8 Å². The lowest BCUT2D eigenvalue weighted by atomic mass is 10.00. The van der Waals surface area contributed by atoms with Gasteiger partial charge in [0.25, 0.3) is 15.9 Å². The highest BCUT2D eigenvalue weighted by Crippen LogP contribution is 2.27. The van der Waals surface area contributed by atoms with Crippen LogP contribution in [-0.2, 0) is 19.6 Å². The van der Waals surface area contributed by atoms with Crippen LogP contribution < -0.4 is 9.46 Å². The van der Waals surface area contributed by atoms with Crippen molar-refractivity contribution in [1.29, 1.82) is 0 Å². The van der Waals surface area contributed by atoms with Crippen molar-refractivity contribution in [3.63, 3.8) is 0 Å². The molecule has 0 aromatic heterocycles. The number of hydrogen-bond acceptors (Lipinski definition) is 6. The second-order valence-corrected chi connectivity index (χ2v) is 9.71. The molecule has 1 fully saturated rings. The number of amides is 1. The van der Waals surface area contributed by atoms with Gasteiger partial charge < -0.3 is 14.4 Å². The molecule has 0 bridgehead atoms. The van der Waals surface area contributed by atoms with E-state index in [0.717, 1.165) is 31.2 Å². The number of benzene rings is 2. The molecule has 3 rings (SSSR count). The molecule has 8 nitrogen and oxygen atoms in total. The predicted molar refractivity (Wildman–Crippen MR) is 125 cm³/mol. The summed E-state index contributed by atoms with van der Waals surface area (Å²) in [6.07, 6.45) is 3.82. The van der Waals surface area contributed by atoms with Crippen molar-refractivity contribution in [2.45, 2.75) is 50.5 Å². The summed E-state index contributed by atoms with van der Waals surface area (Å²) in [5.74, 6) is -0.929. The molecule has 0 saturated carbocycles. The molecule has 1 N–H and O–H groups in total. The molecule has 1 aliphatic heterocycles. The van der Waals surface area contributed by atoms with Gasteiger partial charge in [0.1, 0.15) is 10.6 Å². The minimum absolute atomic E-state index is 0.0126. The summed E-state index contributed by atoms with van der Waals surface area (Å²) in [4.78, 5) is 26.8. The largest absolute Gasteiger partial charge is 0.495 e. The van der Waals surface area contributed by atoms with Crippen molar-refractivity contribution in [3.8, 4) is 5.75 Å². The molecule has 2 aromatic rings. The van der Waals surface area contributed by atoms with Gasteiger partial charge in [0.2, 0.25) is 0 Å². The standard InChI is InChI=1S/C24H30N2O6S/c1-4-20-7-5-6-14-26(20)23(27)16-32-24(28)18-10-13-21(31-3)22(15-18)33(29,30)25-19-11-8-17(2)9-12-19/h8-13,15,20,25H,4-7,14,16H2,1-3H3. The maximum atomic E-state index is 13.0. The summed E-state index contributed by atoms with van der Waals surface area (Å²) >= 11 is 0. The molecule has 1 unspecified atom stereocenters. The summed E-state index contributed by atoms with van der Waals surface area (Å²) in [7, 11) is -2.70. The van der Waals surface area contributed by atoms with Crippen LogP contribution in [0.25, 0.3) is 0 Å². The summed E-state index contributed by atoms with van der Waals surface area (Å²) in [6, 6.07) is 11.0. The van der Waals surface area contributed by atoms with Crippen molar-refractivity contribution < 1.29 is 27.5 Å². The van der Waals surface area contributed by atoms with Crippen LogP contribution in [0, 0.1) is 6.92 Å². The van der Waals surface area contributed by atoms with Crippen LogP contribution in [0.5, 0.6) is 5.75 Å². The van der Waals surface area contributed by atoms with Gasteiger partial charge in [-0.2, -0.15) is 0 Å². The molecule has 0 spiro atoms. The van der Waals surface area contributed by atoms with Gasteiger partial charge in [0, 0.05) is 18.3 Å². The quantitative estimate of drug-likeness (QED) is 0.585. The van der Waals surface area contributed by atoms with Gasteiger partial charge in [-0.25, -0.2) is 13.2 Å². The Hall–Kier alpha value is -3.07. The first kappa shape index (κ1) is 24.6. The molecule has 9 heteroatoms. The van der Waals surface area contributed by atoms with E-state index in [1.807, 2.05) is 13.8 Å². The third-order valence-electron chi connectivity index (χ3n) is 5.74. The first-order valence-corrected chi connectivity index (χ1v) is 12.5. The Kier molecular flexibility index (Phi) is 7.97. The molecule has 0 radical (unpaired) electrons. The Morgan fingerprint density at radius 2 is 1.85 bits per heavy atom. The van der Waals surface area contributed by atoms with Crippen LogP contribution >= 0.6 is 0 Å². The molecule has 33 heavy (non-hydrogen) atoms. The predicted octanol–water partition coefficient (Wildman–Crippen LogP) is 3.75. The monoisotopic (exact) mass is 474 g/mol. The maximum absolute atomic E-state index is 13.0. The van der Waals surface area contributed by atoms with Gasteiger partial charge in [-0.1, -0.05) is 24.6 Å². The molecular formula is C24H30N2O6S. The van der Waals surface area contributed by atoms with Crippen molar-refractivity contribution in [3.05, 3.63) is 53.6 Å². The van der Waals surface area contributed by atoms with E-state index in [4.69, 9.17) is 9.47 Å². The van der Waals surface area contributed by atoms with E-state index in [9.17, 15) is 18.0 Å². The van der Waals surface area contributed by atoms with E-state index < -0.39 is 16.0 Å². The lowest BCUT2D eigenvalue weighted by molar-refractivity contribution is -0.138. The average Bonchev–Trinajstić information content (AvgIpc) is 2.83. The van der Waals surface area contributed by atoms with Gasteiger partial charge in [-0.05, 0) is 62.9 Å². The first-order valence-electron chi connectivity index (χ1n) is 11.0. The molecule has 1 amide bonds. The van der Waals surface area contributed by atoms with Crippen LogP contribution in [0.2, 0.25) is 0 Å². The Bertz CT molecular complexity index is 1100. The zero-order valence-corrected chi connectivity index (χ0v) is 20.0. The van der Waals surface area contributed by atoms with Gasteiger partial charge in [0.15, 0.2) is 6.61 Å². The average molecular weight is 475 g/mol. The van der Waals surface area contributed by atoms with E-state index >= 15 is 0 Å². The van der Waals surface area contributed by atoms with Crippen molar-refractivity contribution in [1.82, 2.24) is 4.90 Å². The summed E-state index contributed by atoms with van der Waals surface area (Å²) in [5.41, 5.74) is 1.39. The van der Waals surface area contributed by atoms with Gasteiger partial charge in [-0.15, -0.1) is 0 Å². The Labute approximate surface area is 194 Å². The molecule has 1 saturated heterocycles. The number of hydrogen-bond donors (Lipinski definition) is 1. The highest BCUT2D eigenvalue weighted by Gasteiger charge is 2.27. The lowest BCUT2D eigenvalue weighted by Crippen LogP contribution is -2.45. The lowest BCUT2D eigenvalue weighted by Gasteiger charge is -2.35. The van der Waals surface area contributed by atoms with Crippen LogP contribution in [0.4, 0.5) is 5.69 Å². The fourth-order valence-corrected chi connectivity index (χ4v) is 5.15. The van der Waals surface area contributed by atoms with Crippen LogP contribution in [-0.4, -0.2) is 51.5 Å². The van der Waals surface area contributed by atoms with Gasteiger partial charge in [0.05, 0.1) is 12.7 Å². The van der Waals surface area contributed by atoms with Crippen LogP contribution in [0.15, 0.2) is 47.4 Å². The zero-order chi connectivity index (χ0) is 24.0. The number of piperidine rings is 1. The summed E-state index contributed by atoms with van der Waals surface area (Å²) in [5, 5.41) is 0. The second kappa shape index (κ2) is 10.7. The Balaban J connectivity index is 1.74. The number of esters is 1. The number of sulfonamides is 1. The van der Waals surface area contributed by atoms with E-state index in [1.54, 1.807) is 29.2 Å². The molecule has 0 aliphatic carbocycles. The minimum atomic E-state index is -4.04. The smallest absolute Gasteiger partial charge is 0.338 e. The molecule has 2 aromatic carbocycles. The topological polar surface area (TPSA) is 102 Å². The van der Waals surface area contributed by atoms with Gasteiger partial charge in [-0.3, -0.25) is 9.52 Å². The molecule has 178 valence electrons. The number of likely N-dealkylation sites (tertiary alicyclic amines) is 1. The van der Waals surface area contributed by atoms with Crippen molar-refractivity contribution in [2.75, 3.05) is 25.0 Å². The highest BCUT2D eigenvalue weighted by molar-refractivity contribution is 7.92. The van der Waals surface area contributed by atoms with Crippen molar-refractivity contribution >= 4 is 27.6 Å². The van der Waals surface area contributed by atoms with Crippen LogP contribution in [0.3, 0.4) is 0 Å². The summed E-state index contributed by atoms with van der Waals surface area (Å²) in [6.45, 7) is 4.20. The fourth-order valence-electron chi connectivity index (χ4n) is 3.89. The number of carbonyl (C=O) groups excluding carboxylic acids is 2. The second-order valence-electron chi connectivity index (χ2n) is 8.06. The number of aryl methyl sites for hydroxylation is 1. The van der Waals surface area contributed by atoms with Gasteiger partial charge >= 0.3 is 5.97 Å². The molecule has 1 heterocycles. The number of nitrogens with one attached hydrogen (secondary N) is 1. The highest BCUT2D eigenvalue weighted by atomic mass is 32.2. The number of rotatable bonds is 8. The van der Waals surface area contributed by atoms with Crippen LogP contribution in [0.1, 0.15) is 48.5 Å². The fraction of sp³-hybridized carbons (Fsp3) is 0.417. The number of carbonyl (C=O) groups is 2. The molecule has 1 aliphatic rings. The van der Waals surface area contributed by atoms with E-state index in [0.29, 0.717) is 12.2 Å². The number of anilines is 1. The SMILES string of the molecule is CCC1CCCCN1C(=O)COC(=O)c1ccc(OC)c(S(=O)(=O)Nc2ccc(C)cc2)c1. The minimum Gasteiger partial charge on any atom is -0.495 e. The number of nitrogens with zero attached hydrogens (tertiary/aromatic N) is 1. The number of methoxy groups -OCH3 is 1. The number of ether oxygens (including phenoxy) is 2. The maximum Gasteiger partial charge on any atom is 0.338 e. The van der Waals surface area contributed by atoms with Crippen molar-refractivity contribution in [2.24, 2.45) is 0 Å². The third kappa shape index (κ3) is 6.04. The third-order valence-corrected chi connectivity index (χ3v) is 7.14. The Morgan fingerprint density at radius 3 is 2.52 bits per heavy atom. The zero-order valence-electron chi connectivity index (χ0n) is 19.2. The van der Waals surface area contributed by atoms with E-state index in [2.05, 4.69) is 4.72 Å². The normalized spacial score (nSPS) is 16.2. The first-order chi connectivity index (χ1) is 15.7. The Morgan fingerprint density at radius 1 is 1.12 bits per heavy atom. The molecular weight excluding hydrogens is 444 g/mol. The summed E-state index contributed by atoms with van der Waals surface area (Å²) < 4.78 is 38.9.